The van der Waals surface area contributed by atoms with E-state index in [4.69, 9.17) is 11.5 Å². The van der Waals surface area contributed by atoms with Gasteiger partial charge in [0.25, 0.3) is 30.4 Å². The Morgan fingerprint density at radius 3 is 1.34 bits per heavy atom. The number of nitrogen functional groups attached to an aromatic ring is 2. The van der Waals surface area contributed by atoms with Gasteiger partial charge in [-0.3, -0.25) is 33.9 Å². The smallest absolute Gasteiger partial charge is 0.314 e. The van der Waals surface area contributed by atoms with Crippen molar-refractivity contribution in [2.45, 2.75) is 14.7 Å². The number of nitrogens with zero attached hydrogens (tertiary/aromatic N) is 6. The average molecular weight is 679 g/mol. The quantitative estimate of drug-likeness (QED) is 0.0562. The largest absolute Gasteiger partial charge is 0.501 e. The second-order valence-electron chi connectivity index (χ2n) is 8.03. The van der Waals surface area contributed by atoms with Crippen molar-refractivity contribution in [1.29, 1.82) is 0 Å². The summed E-state index contributed by atoms with van der Waals surface area (Å²) >= 11 is 0. The number of nitro groups is 2. The molecule has 0 amide bonds. The molecule has 0 fully saturated rings. The zero-order valence-electron chi connectivity index (χ0n) is 20.8. The number of nitro benzene ring substituents is 2. The van der Waals surface area contributed by atoms with E-state index >= 15 is 0 Å². The monoisotopic (exact) mass is 678 g/mol. The van der Waals surface area contributed by atoms with Gasteiger partial charge in [-0.05, 0) is 18.2 Å². The van der Waals surface area contributed by atoms with Crippen molar-refractivity contribution < 1.29 is 59.0 Å². The molecule has 3 aromatic carbocycles. The Labute approximate surface area is 243 Å². The first-order valence-electron chi connectivity index (χ1n) is 10.5. The van der Waals surface area contributed by atoms with Crippen LogP contribution in [0.25, 0.3) is 0 Å². The van der Waals surface area contributed by atoms with E-state index < -0.39 is 112 Å². The van der Waals surface area contributed by atoms with E-state index in [1.54, 1.807) is 0 Å². The molecule has 26 heteroatoms. The number of phenols is 2. The molecule has 0 saturated heterocycles. The van der Waals surface area contributed by atoms with E-state index in [0.717, 1.165) is 0 Å². The second kappa shape index (κ2) is 11.3. The molecule has 0 saturated carbocycles. The Bertz CT molecular complexity index is 2150. The molecule has 23 nitrogen and oxygen atoms in total. The maximum atomic E-state index is 11.9. The van der Waals surface area contributed by atoms with Gasteiger partial charge in [-0.1, -0.05) is 0 Å². The molecular weight excluding hydrogens is 664 g/mol. The van der Waals surface area contributed by atoms with Crippen LogP contribution >= 0.6 is 0 Å². The third kappa shape index (κ3) is 6.79. The first kappa shape index (κ1) is 33.1. The van der Waals surface area contributed by atoms with Gasteiger partial charge in [0.05, 0.1) is 21.2 Å². The van der Waals surface area contributed by atoms with Gasteiger partial charge >= 0.3 is 11.4 Å². The van der Waals surface area contributed by atoms with Crippen LogP contribution in [0.15, 0.2) is 65.5 Å². The van der Waals surface area contributed by atoms with Crippen molar-refractivity contribution >= 4 is 75.9 Å². The van der Waals surface area contributed by atoms with Gasteiger partial charge in [-0.25, -0.2) is 0 Å². The molecule has 0 spiro atoms. The Kier molecular flexibility index (Phi) is 8.54. The summed E-state index contributed by atoms with van der Waals surface area (Å²) < 4.78 is 98.1. The highest BCUT2D eigenvalue weighted by molar-refractivity contribution is 7.86. The predicted molar refractivity (Wildman–Crippen MR) is 143 cm³/mol. The van der Waals surface area contributed by atoms with Crippen LogP contribution in [0.3, 0.4) is 0 Å². The van der Waals surface area contributed by atoms with Crippen LogP contribution < -0.4 is 11.5 Å². The van der Waals surface area contributed by atoms with Gasteiger partial charge < -0.3 is 21.7 Å². The van der Waals surface area contributed by atoms with E-state index in [9.17, 15) is 69.4 Å². The van der Waals surface area contributed by atoms with Gasteiger partial charge in [-0.2, -0.15) is 25.3 Å². The predicted octanol–water partition coefficient (Wildman–Crippen LogP) is 2.65. The number of rotatable bonds is 9. The third-order valence-electron chi connectivity index (χ3n) is 5.20. The van der Waals surface area contributed by atoms with Crippen LogP contribution in [0.4, 0.5) is 45.5 Å². The summed E-state index contributed by atoms with van der Waals surface area (Å²) in [5, 5.41) is 56.3. The molecule has 0 aliphatic heterocycles. The van der Waals surface area contributed by atoms with Crippen molar-refractivity contribution in [3.63, 3.8) is 0 Å². The van der Waals surface area contributed by atoms with Gasteiger partial charge in [0.2, 0.25) is 11.5 Å². The zero-order chi connectivity index (χ0) is 33.5. The molecule has 3 aromatic rings. The Morgan fingerprint density at radius 1 is 0.591 bits per heavy atom. The van der Waals surface area contributed by atoms with E-state index in [1.165, 1.54) is 0 Å². The number of anilines is 2. The van der Waals surface area contributed by atoms with E-state index in [0.29, 0.717) is 18.2 Å². The standard InChI is InChI=1S/C18H14N8O15S3/c19-14-8(21-22-9-1-6(42(33,34)35)3-11(17(9)27)25(29)30)5-13(44(39,40)41)15(20)16(14)24-23-10-2-7(43(36,37)38)4-12(18(10)28)26(31)32/h1-5,27-28H,19-20H2,(H,33,34,35)(H,36,37,38)(H,39,40,41)/b22-21+,24-23+. The number of hydrogen-bond acceptors (Lipinski definition) is 18. The fourth-order valence-electron chi connectivity index (χ4n) is 3.17. The molecule has 234 valence electrons. The molecule has 0 aliphatic carbocycles. The van der Waals surface area contributed by atoms with Gasteiger partial charge in [-0.15, -0.1) is 20.5 Å². The summed E-state index contributed by atoms with van der Waals surface area (Å²) in [4.78, 5) is 16.5. The number of nitrogens with two attached hydrogens (primary N) is 2. The molecule has 0 aliphatic rings. The number of aromatic hydroxyl groups is 2. The summed E-state index contributed by atoms with van der Waals surface area (Å²) in [5.41, 5.74) is 3.65. The van der Waals surface area contributed by atoms with Crippen molar-refractivity contribution in [2.75, 3.05) is 11.5 Å². The highest BCUT2D eigenvalue weighted by Crippen LogP contribution is 2.46. The maximum Gasteiger partial charge on any atom is 0.314 e. The average Bonchev–Trinajstić information content (AvgIpc) is 2.87. The Balaban J connectivity index is 2.31. The minimum Gasteiger partial charge on any atom is -0.501 e. The normalized spacial score (nSPS) is 12.6. The van der Waals surface area contributed by atoms with Crippen molar-refractivity contribution in [2.24, 2.45) is 20.5 Å². The summed E-state index contributed by atoms with van der Waals surface area (Å²) in [5.74, 6) is -2.56. The molecular formula is C18H14N8O15S3. The lowest BCUT2D eigenvalue weighted by Crippen LogP contribution is -2.05. The summed E-state index contributed by atoms with van der Waals surface area (Å²) in [6, 6.07) is 1.88. The highest BCUT2D eigenvalue weighted by Gasteiger charge is 2.27. The van der Waals surface area contributed by atoms with E-state index in [-0.39, 0.29) is 12.1 Å². The molecule has 44 heavy (non-hydrogen) atoms. The SMILES string of the molecule is Nc1c(/N=N/c2cc(S(=O)(=O)O)cc([N+](=O)[O-])c2O)cc(S(=O)(=O)O)c(N)c1/N=N/c1cc(S(=O)(=O)O)cc([N+](=O)[O-])c1O. The number of hydrogen-bond donors (Lipinski definition) is 7. The minimum atomic E-state index is -5.25. The summed E-state index contributed by atoms with van der Waals surface area (Å²) in [7, 11) is -15.5. The van der Waals surface area contributed by atoms with Crippen LogP contribution in [0.1, 0.15) is 0 Å². The number of phenolic OH excluding ortho intramolecular Hbond substituents is 2. The fourth-order valence-corrected chi connectivity index (χ4v) is 4.84. The number of azo groups is 2. The molecule has 0 bridgehead atoms. The molecule has 3 rings (SSSR count). The van der Waals surface area contributed by atoms with Crippen molar-refractivity contribution in [3.8, 4) is 11.5 Å². The van der Waals surface area contributed by atoms with Crippen molar-refractivity contribution in [1.82, 2.24) is 0 Å². The zero-order valence-corrected chi connectivity index (χ0v) is 23.2. The third-order valence-corrected chi connectivity index (χ3v) is 7.75. The molecule has 0 radical (unpaired) electrons. The maximum absolute atomic E-state index is 11.9. The van der Waals surface area contributed by atoms with Gasteiger partial charge in [0, 0.05) is 12.1 Å². The van der Waals surface area contributed by atoms with Gasteiger partial charge in [0.1, 0.15) is 37.4 Å². The van der Waals surface area contributed by atoms with E-state index in [2.05, 4.69) is 20.5 Å². The fraction of sp³-hybridized carbons (Fsp3) is 0. The van der Waals surface area contributed by atoms with Crippen LogP contribution in [-0.2, 0) is 30.4 Å². The molecule has 0 aromatic heterocycles. The molecule has 0 atom stereocenters. The molecule has 0 heterocycles. The first-order valence-corrected chi connectivity index (χ1v) is 14.9. The highest BCUT2D eigenvalue weighted by atomic mass is 32.2. The number of benzene rings is 3. The molecule has 0 unspecified atom stereocenters. The van der Waals surface area contributed by atoms with Crippen LogP contribution in [0.5, 0.6) is 11.5 Å². The molecule has 9 N–H and O–H groups in total. The van der Waals surface area contributed by atoms with Crippen LogP contribution in [-0.4, -0.2) is 59.0 Å². The topological polar surface area (TPSA) is 391 Å². The minimum absolute atomic E-state index is 0.278. The summed E-state index contributed by atoms with van der Waals surface area (Å²) in [6.45, 7) is 0. The Hall–Kier alpha value is -5.41. The Morgan fingerprint density at radius 2 is 0.977 bits per heavy atom. The lowest BCUT2D eigenvalue weighted by molar-refractivity contribution is -0.386. The van der Waals surface area contributed by atoms with Gasteiger partial charge in [0.15, 0.2) is 0 Å². The van der Waals surface area contributed by atoms with Crippen LogP contribution in [0, 0.1) is 20.2 Å². The van der Waals surface area contributed by atoms with E-state index in [1.807, 2.05) is 0 Å². The lowest BCUT2D eigenvalue weighted by Gasteiger charge is -2.11. The van der Waals surface area contributed by atoms with Crippen LogP contribution in [0.2, 0.25) is 0 Å². The first-order chi connectivity index (χ1) is 20.0. The summed E-state index contributed by atoms with van der Waals surface area (Å²) in [6.07, 6.45) is 0. The lowest BCUT2D eigenvalue weighted by atomic mass is 10.2. The van der Waals surface area contributed by atoms with Crippen molar-refractivity contribution in [3.05, 3.63) is 50.6 Å². The second-order valence-corrected chi connectivity index (χ2v) is 12.3.